The van der Waals surface area contributed by atoms with Crippen molar-refractivity contribution in [2.24, 2.45) is 0 Å². The normalized spacial score (nSPS) is 19.8. The topological polar surface area (TPSA) is 30.5 Å². The highest BCUT2D eigenvalue weighted by atomic mass is 16.5. The average Bonchev–Trinajstić information content (AvgIpc) is 2.77. The standard InChI is InChI=1S/C14H21NO2/c1-11(7-8-16-2)15-9-12-10-17-14-6-4-3-5-13(12)14/h3-6,11-12,15H,7-10H2,1-2H3. The summed E-state index contributed by atoms with van der Waals surface area (Å²) in [5.74, 6) is 1.53. The van der Waals surface area contributed by atoms with Crippen LogP contribution in [0, 0.1) is 0 Å². The van der Waals surface area contributed by atoms with Gasteiger partial charge in [0.15, 0.2) is 0 Å². The second kappa shape index (κ2) is 6.03. The fraction of sp³-hybridized carbons (Fsp3) is 0.571. The smallest absolute Gasteiger partial charge is 0.122 e. The van der Waals surface area contributed by atoms with E-state index in [1.54, 1.807) is 7.11 Å². The molecule has 1 aliphatic heterocycles. The third-order valence-corrected chi connectivity index (χ3v) is 3.27. The molecule has 3 nitrogen and oxygen atoms in total. The molecule has 0 amide bonds. The highest BCUT2D eigenvalue weighted by molar-refractivity contribution is 5.39. The molecule has 17 heavy (non-hydrogen) atoms. The summed E-state index contributed by atoms with van der Waals surface area (Å²) >= 11 is 0. The summed E-state index contributed by atoms with van der Waals surface area (Å²) in [5.41, 5.74) is 1.33. The Morgan fingerprint density at radius 2 is 2.29 bits per heavy atom. The molecule has 0 saturated carbocycles. The minimum atomic E-state index is 0.483. The Labute approximate surface area is 103 Å². The fourth-order valence-electron chi connectivity index (χ4n) is 2.14. The summed E-state index contributed by atoms with van der Waals surface area (Å²) in [4.78, 5) is 0. The second-order valence-electron chi connectivity index (χ2n) is 4.64. The van der Waals surface area contributed by atoms with Crippen LogP contribution in [-0.2, 0) is 4.74 Å². The van der Waals surface area contributed by atoms with E-state index < -0.39 is 0 Å². The fourth-order valence-corrected chi connectivity index (χ4v) is 2.14. The highest BCUT2D eigenvalue weighted by Crippen LogP contribution is 2.32. The van der Waals surface area contributed by atoms with Crippen LogP contribution >= 0.6 is 0 Å². The van der Waals surface area contributed by atoms with Crippen LogP contribution in [0.3, 0.4) is 0 Å². The summed E-state index contributed by atoms with van der Waals surface area (Å²) in [5, 5.41) is 3.54. The maximum absolute atomic E-state index is 5.66. The average molecular weight is 235 g/mol. The largest absolute Gasteiger partial charge is 0.493 e. The zero-order chi connectivity index (χ0) is 12.1. The number of hydrogen-bond acceptors (Lipinski definition) is 3. The number of ether oxygens (including phenoxy) is 2. The van der Waals surface area contributed by atoms with Gasteiger partial charge in [-0.15, -0.1) is 0 Å². The SMILES string of the molecule is COCCC(C)NCC1COc2ccccc21. The minimum Gasteiger partial charge on any atom is -0.493 e. The van der Waals surface area contributed by atoms with Crippen LogP contribution in [0.15, 0.2) is 24.3 Å². The lowest BCUT2D eigenvalue weighted by Crippen LogP contribution is -2.31. The summed E-state index contributed by atoms with van der Waals surface area (Å²) < 4.78 is 10.7. The van der Waals surface area contributed by atoms with Gasteiger partial charge in [0, 0.05) is 37.8 Å². The van der Waals surface area contributed by atoms with Crippen molar-refractivity contribution in [2.45, 2.75) is 25.3 Å². The molecule has 0 fully saturated rings. The number of fused-ring (bicyclic) bond motifs is 1. The molecule has 94 valence electrons. The van der Waals surface area contributed by atoms with Gasteiger partial charge in [0.2, 0.25) is 0 Å². The monoisotopic (exact) mass is 235 g/mol. The minimum absolute atomic E-state index is 0.483. The Morgan fingerprint density at radius 3 is 3.12 bits per heavy atom. The van der Waals surface area contributed by atoms with Gasteiger partial charge in [0.1, 0.15) is 5.75 Å². The molecule has 2 unspecified atom stereocenters. The van der Waals surface area contributed by atoms with E-state index in [0.717, 1.165) is 31.9 Å². The molecule has 1 aromatic carbocycles. The zero-order valence-corrected chi connectivity index (χ0v) is 10.6. The van der Waals surface area contributed by atoms with Gasteiger partial charge < -0.3 is 14.8 Å². The second-order valence-corrected chi connectivity index (χ2v) is 4.64. The van der Waals surface area contributed by atoms with Crippen molar-refractivity contribution in [1.82, 2.24) is 5.32 Å². The molecule has 2 atom stereocenters. The van der Waals surface area contributed by atoms with Crippen LogP contribution in [0.4, 0.5) is 0 Å². The highest BCUT2D eigenvalue weighted by Gasteiger charge is 2.23. The van der Waals surface area contributed by atoms with Gasteiger partial charge in [-0.1, -0.05) is 18.2 Å². The molecule has 1 heterocycles. The van der Waals surface area contributed by atoms with Crippen LogP contribution in [0.1, 0.15) is 24.8 Å². The van der Waals surface area contributed by atoms with Gasteiger partial charge in [-0.3, -0.25) is 0 Å². The van der Waals surface area contributed by atoms with Crippen LogP contribution in [-0.4, -0.2) is 32.9 Å². The predicted molar refractivity (Wildman–Crippen MR) is 68.6 cm³/mol. The molecule has 2 rings (SSSR count). The van der Waals surface area contributed by atoms with E-state index in [-0.39, 0.29) is 0 Å². The Balaban J connectivity index is 1.81. The molecule has 0 spiro atoms. The quantitative estimate of drug-likeness (QED) is 0.819. The van der Waals surface area contributed by atoms with Crippen molar-refractivity contribution in [1.29, 1.82) is 0 Å². The van der Waals surface area contributed by atoms with E-state index in [2.05, 4.69) is 24.4 Å². The first-order chi connectivity index (χ1) is 8.31. The van der Waals surface area contributed by atoms with Gasteiger partial charge in [-0.25, -0.2) is 0 Å². The molecule has 0 radical (unpaired) electrons. The van der Waals surface area contributed by atoms with Crippen LogP contribution in [0.25, 0.3) is 0 Å². The lowest BCUT2D eigenvalue weighted by atomic mass is 10.0. The Kier molecular flexibility index (Phi) is 4.40. The van der Waals surface area contributed by atoms with E-state index in [9.17, 15) is 0 Å². The Morgan fingerprint density at radius 1 is 1.47 bits per heavy atom. The number of hydrogen-bond donors (Lipinski definition) is 1. The van der Waals surface area contributed by atoms with Gasteiger partial charge in [0.05, 0.1) is 6.61 Å². The number of rotatable bonds is 6. The van der Waals surface area contributed by atoms with Gasteiger partial charge in [-0.05, 0) is 19.4 Å². The molecular formula is C14H21NO2. The molecule has 1 aromatic rings. The molecule has 1 aliphatic rings. The summed E-state index contributed by atoms with van der Waals surface area (Å²) in [6.45, 7) is 4.78. The number of methoxy groups -OCH3 is 1. The van der Waals surface area contributed by atoms with E-state index in [1.807, 2.05) is 12.1 Å². The van der Waals surface area contributed by atoms with E-state index in [0.29, 0.717) is 12.0 Å². The van der Waals surface area contributed by atoms with E-state index >= 15 is 0 Å². The molecule has 0 bridgehead atoms. The van der Waals surface area contributed by atoms with Crippen molar-refractivity contribution < 1.29 is 9.47 Å². The number of para-hydroxylation sites is 1. The lowest BCUT2D eigenvalue weighted by molar-refractivity contribution is 0.184. The first-order valence-corrected chi connectivity index (χ1v) is 6.25. The van der Waals surface area contributed by atoms with Crippen molar-refractivity contribution in [3.8, 4) is 5.75 Å². The van der Waals surface area contributed by atoms with Crippen molar-refractivity contribution in [3.05, 3.63) is 29.8 Å². The molecule has 0 saturated heterocycles. The van der Waals surface area contributed by atoms with E-state index in [1.165, 1.54) is 5.56 Å². The van der Waals surface area contributed by atoms with E-state index in [4.69, 9.17) is 9.47 Å². The summed E-state index contributed by atoms with van der Waals surface area (Å²) in [6.07, 6.45) is 1.05. The Hall–Kier alpha value is -1.06. The maximum atomic E-state index is 5.66. The molecule has 3 heteroatoms. The number of nitrogens with one attached hydrogen (secondary N) is 1. The van der Waals surface area contributed by atoms with Crippen molar-refractivity contribution in [3.63, 3.8) is 0 Å². The molecule has 0 aromatic heterocycles. The molecule has 0 aliphatic carbocycles. The predicted octanol–water partition coefficient (Wildman–Crippen LogP) is 2.18. The first-order valence-electron chi connectivity index (χ1n) is 6.25. The van der Waals surface area contributed by atoms with Crippen molar-refractivity contribution in [2.75, 3.05) is 26.9 Å². The molecule has 1 N–H and O–H groups in total. The molecular weight excluding hydrogens is 214 g/mol. The number of benzene rings is 1. The first kappa shape index (κ1) is 12.4. The lowest BCUT2D eigenvalue weighted by Gasteiger charge is -2.16. The van der Waals surface area contributed by atoms with Crippen LogP contribution in [0.5, 0.6) is 5.75 Å². The summed E-state index contributed by atoms with van der Waals surface area (Å²) in [7, 11) is 1.74. The van der Waals surface area contributed by atoms with Gasteiger partial charge in [-0.2, -0.15) is 0 Å². The third kappa shape index (κ3) is 3.20. The van der Waals surface area contributed by atoms with Crippen molar-refractivity contribution >= 4 is 0 Å². The van der Waals surface area contributed by atoms with Gasteiger partial charge >= 0.3 is 0 Å². The zero-order valence-electron chi connectivity index (χ0n) is 10.6. The third-order valence-electron chi connectivity index (χ3n) is 3.27. The van der Waals surface area contributed by atoms with Crippen LogP contribution < -0.4 is 10.1 Å². The maximum Gasteiger partial charge on any atom is 0.122 e. The van der Waals surface area contributed by atoms with Gasteiger partial charge in [0.25, 0.3) is 0 Å². The summed E-state index contributed by atoms with van der Waals surface area (Å²) in [6, 6.07) is 8.80. The van der Waals surface area contributed by atoms with Crippen LogP contribution in [0.2, 0.25) is 0 Å². The Bertz CT molecular complexity index is 354.